The van der Waals surface area contributed by atoms with Gasteiger partial charge in [0.2, 0.25) is 0 Å². The van der Waals surface area contributed by atoms with Gasteiger partial charge in [0, 0.05) is 0 Å². The van der Waals surface area contributed by atoms with Gasteiger partial charge < -0.3 is 0 Å². The Balaban J connectivity index is 5.47. The molecule has 9 heteroatoms. The number of esters is 2. The number of carbonyl (C=O) groups excluding carboxylic acids is 2. The Morgan fingerprint density at radius 3 is 1.61 bits per heavy atom. The molecule has 8 nitrogen and oxygen atoms in total. The number of hydrogen-bond donors (Lipinski definition) is 2. The quantitative estimate of drug-likeness (QED) is 0.294. The first kappa shape index (κ1) is 27.5. The first-order valence-electron chi connectivity index (χ1n) is 10.1. The van der Waals surface area contributed by atoms with Gasteiger partial charge in [0.25, 0.3) is 0 Å². The van der Waals surface area contributed by atoms with Crippen LogP contribution in [0, 0.1) is 5.92 Å². The van der Waals surface area contributed by atoms with Crippen LogP contribution in [0.25, 0.3) is 0 Å². The summed E-state index contributed by atoms with van der Waals surface area (Å²) in [6, 6.07) is 0. The average molecular weight is 442 g/mol. The molecule has 0 spiro atoms. The topological polar surface area (TPSA) is 112 Å². The zero-order valence-electron chi connectivity index (χ0n) is 18.1. The summed E-state index contributed by atoms with van der Waals surface area (Å²) in [6.45, 7) is 12.0. The fourth-order valence-corrected chi connectivity index (χ4v) is 8.17. The molecule has 0 bridgehead atoms. The molecule has 0 fully saturated rings. The third kappa shape index (κ3) is 11.5. The molecule has 0 aromatic rings. The van der Waals surface area contributed by atoms with Gasteiger partial charge in [-0.1, -0.05) is 0 Å². The van der Waals surface area contributed by atoms with Crippen molar-refractivity contribution in [2.75, 3.05) is 19.8 Å². The van der Waals surface area contributed by atoms with Crippen molar-refractivity contribution in [1.29, 1.82) is 0 Å². The van der Waals surface area contributed by atoms with Gasteiger partial charge in [-0.05, 0) is 0 Å². The molecule has 0 aromatic carbocycles. The van der Waals surface area contributed by atoms with E-state index in [1.54, 1.807) is 0 Å². The summed E-state index contributed by atoms with van der Waals surface area (Å²) in [5.41, 5.74) is 0. The zero-order chi connectivity index (χ0) is 21.7. The van der Waals surface area contributed by atoms with E-state index in [9.17, 15) is 19.8 Å². The van der Waals surface area contributed by atoms with Crippen molar-refractivity contribution >= 4 is 11.9 Å². The molecule has 0 aliphatic rings. The molecule has 166 valence electrons. The summed E-state index contributed by atoms with van der Waals surface area (Å²) in [5, 5.41) is 20.7. The van der Waals surface area contributed by atoms with Gasteiger partial charge in [0.15, 0.2) is 0 Å². The van der Waals surface area contributed by atoms with Crippen LogP contribution >= 0.6 is 0 Å². The van der Waals surface area contributed by atoms with Crippen LogP contribution < -0.4 is 0 Å². The van der Waals surface area contributed by atoms with Crippen LogP contribution in [0.3, 0.4) is 0 Å². The molecule has 2 unspecified atom stereocenters. The van der Waals surface area contributed by atoms with Crippen molar-refractivity contribution in [2.24, 2.45) is 5.92 Å². The van der Waals surface area contributed by atoms with Gasteiger partial charge in [0.1, 0.15) is 0 Å². The minimum atomic E-state index is -3.99. The molecular formula is C19H38O8Ti. The van der Waals surface area contributed by atoms with Crippen LogP contribution in [0.15, 0.2) is 0 Å². The Morgan fingerprint density at radius 1 is 0.857 bits per heavy atom. The van der Waals surface area contributed by atoms with Crippen LogP contribution in [0.4, 0.5) is 0 Å². The summed E-state index contributed by atoms with van der Waals surface area (Å²) in [6.07, 6.45) is -1.85. The van der Waals surface area contributed by atoms with Crippen LogP contribution in [0.2, 0.25) is 9.45 Å². The van der Waals surface area contributed by atoms with E-state index in [0.29, 0.717) is 19.4 Å². The molecule has 2 atom stereocenters. The van der Waals surface area contributed by atoms with E-state index in [-0.39, 0.29) is 34.7 Å². The van der Waals surface area contributed by atoms with Crippen molar-refractivity contribution in [3.63, 3.8) is 0 Å². The summed E-state index contributed by atoms with van der Waals surface area (Å²) in [4.78, 5) is 24.1. The van der Waals surface area contributed by atoms with Gasteiger partial charge >= 0.3 is 173 Å². The molecule has 0 rings (SSSR count). The molecule has 0 amide bonds. The minimum absolute atomic E-state index is 0.0917. The van der Waals surface area contributed by atoms with Crippen molar-refractivity contribution in [3.8, 4) is 0 Å². The van der Waals surface area contributed by atoms with Gasteiger partial charge in [-0.15, -0.1) is 0 Å². The number of rotatable bonds is 15. The second-order valence-electron chi connectivity index (χ2n) is 7.56. The number of carbonyl (C=O) groups is 2. The summed E-state index contributed by atoms with van der Waals surface area (Å²) in [5.74, 6) is -1.32. The van der Waals surface area contributed by atoms with E-state index in [2.05, 4.69) is 0 Å². The Kier molecular flexibility index (Phi) is 14.2. The number of aliphatic hydroxyl groups is 2. The molecule has 0 radical (unpaired) electrons. The standard InChI is InChI=1S/2C6H11O3.C4H9O.C3H7O.Ti/c2*1-3-4-9-6(8)5(2)7;1-4(2)3-5;1-3(2)4;/h2*5,7H,2-4H2,1H3;4H,3H2,1-2H3;3H,1-2H3;/q;;2*-1;+2. The van der Waals surface area contributed by atoms with Gasteiger partial charge in [0.05, 0.1) is 0 Å². The Labute approximate surface area is 173 Å². The third-order valence-electron chi connectivity index (χ3n) is 3.58. The van der Waals surface area contributed by atoms with Crippen molar-refractivity contribution in [3.05, 3.63) is 0 Å². The number of aliphatic hydroxyl groups excluding tert-OH is 2. The first-order valence-corrected chi connectivity index (χ1v) is 13.6. The van der Waals surface area contributed by atoms with Crippen LogP contribution in [0.1, 0.15) is 54.4 Å². The Bertz CT molecular complexity index is 427. The van der Waals surface area contributed by atoms with E-state index in [1.807, 2.05) is 41.5 Å². The second-order valence-corrected chi connectivity index (χ2v) is 12.5. The third-order valence-corrected chi connectivity index (χ3v) is 9.22. The van der Waals surface area contributed by atoms with Gasteiger partial charge in [-0.2, -0.15) is 0 Å². The molecule has 2 N–H and O–H groups in total. The van der Waals surface area contributed by atoms with Crippen LogP contribution in [0.5, 0.6) is 0 Å². The maximum atomic E-state index is 12.1. The molecule has 0 saturated carbocycles. The van der Waals surface area contributed by atoms with Gasteiger partial charge in [-0.25, -0.2) is 0 Å². The van der Waals surface area contributed by atoms with Crippen molar-refractivity contribution in [1.82, 2.24) is 0 Å². The fraction of sp³-hybridized carbons (Fsp3) is 0.895. The molecule has 0 aliphatic carbocycles. The molecule has 0 aromatic heterocycles. The molecule has 0 heterocycles. The maximum absolute atomic E-state index is 12.1. The normalized spacial score (nSPS) is 15.9. The second kappa shape index (κ2) is 14.5. The summed E-state index contributed by atoms with van der Waals surface area (Å²) in [7, 11) is 0. The molecule has 0 saturated heterocycles. The predicted molar refractivity (Wildman–Crippen MR) is 101 cm³/mol. The van der Waals surface area contributed by atoms with E-state index in [4.69, 9.17) is 16.1 Å². The molecule has 28 heavy (non-hydrogen) atoms. The fourth-order valence-electron chi connectivity index (χ4n) is 2.43. The van der Waals surface area contributed by atoms with Gasteiger partial charge in [-0.3, -0.25) is 0 Å². The predicted octanol–water partition coefficient (Wildman–Crippen LogP) is 2.53. The number of ether oxygens (including phenoxy) is 2. The van der Waals surface area contributed by atoms with E-state index in [1.165, 1.54) is 0 Å². The SMILES string of the molecule is CCCOC(=O)C(O)[CH2][Ti]([CH2]C(O)C(=O)OCCC)([O]CC(C)C)[O]C(C)C. The average Bonchev–Trinajstić information content (AvgIpc) is 2.61. The van der Waals surface area contributed by atoms with E-state index < -0.39 is 41.5 Å². The molecular weight excluding hydrogens is 404 g/mol. The molecule has 0 aliphatic heterocycles. The summed E-state index contributed by atoms with van der Waals surface area (Å²) >= 11 is -3.99. The van der Waals surface area contributed by atoms with Crippen LogP contribution in [-0.4, -0.2) is 60.3 Å². The van der Waals surface area contributed by atoms with E-state index >= 15 is 0 Å². The summed E-state index contributed by atoms with van der Waals surface area (Å²) < 4.78 is 22.0. The zero-order valence-corrected chi connectivity index (χ0v) is 19.7. The van der Waals surface area contributed by atoms with Crippen molar-refractivity contribution in [2.45, 2.75) is 82.1 Å². The number of hydrogen-bond acceptors (Lipinski definition) is 8. The van der Waals surface area contributed by atoms with Crippen molar-refractivity contribution < 1.29 is 53.3 Å². The first-order chi connectivity index (χ1) is 13.1. The Hall–Kier alpha value is -0.506. The van der Waals surface area contributed by atoms with Crippen LogP contribution in [-0.2, 0) is 43.1 Å². The van der Waals surface area contributed by atoms with E-state index in [0.717, 1.165) is 0 Å². The monoisotopic (exact) mass is 442 g/mol. The Morgan fingerprint density at radius 2 is 1.29 bits per heavy atom.